The van der Waals surface area contributed by atoms with Gasteiger partial charge in [-0.15, -0.1) is 0 Å². The summed E-state index contributed by atoms with van der Waals surface area (Å²) in [6, 6.07) is 12.0. The number of ether oxygens (including phenoxy) is 2. The van der Waals surface area contributed by atoms with Crippen molar-refractivity contribution in [3.8, 4) is 29.0 Å². The molecule has 0 saturated carbocycles. The summed E-state index contributed by atoms with van der Waals surface area (Å²) >= 11 is 1.42. The molecule has 1 fully saturated rings. The van der Waals surface area contributed by atoms with Crippen LogP contribution in [-0.4, -0.2) is 48.4 Å². The van der Waals surface area contributed by atoms with Crippen LogP contribution < -0.4 is 9.64 Å². The number of hydrogen-bond acceptors (Lipinski definition) is 9. The molecule has 0 amide bonds. The smallest absolute Gasteiger partial charge is 0.148 e. The lowest BCUT2D eigenvalue weighted by atomic mass is 9.96. The Labute approximate surface area is 196 Å². The van der Waals surface area contributed by atoms with E-state index in [4.69, 9.17) is 14.5 Å². The second-order valence-corrected chi connectivity index (χ2v) is 8.24. The number of nitrogens with zero attached hydrogens (tertiary/aromatic N) is 6. The van der Waals surface area contributed by atoms with Crippen LogP contribution in [0.25, 0.3) is 11.1 Å². The number of hydrogen-bond donors (Lipinski definition) is 0. The largest absolute Gasteiger partial charge is 0.491 e. The summed E-state index contributed by atoms with van der Waals surface area (Å²) in [6.07, 6.45) is 6.01. The molecule has 0 spiro atoms. The van der Waals surface area contributed by atoms with Crippen molar-refractivity contribution in [1.82, 2.24) is 15.0 Å². The van der Waals surface area contributed by atoms with Crippen molar-refractivity contribution < 1.29 is 9.47 Å². The maximum atomic E-state index is 10.1. The molecule has 4 rings (SSSR count). The predicted octanol–water partition coefficient (Wildman–Crippen LogP) is 3.81. The molecule has 0 bridgehead atoms. The summed E-state index contributed by atoms with van der Waals surface area (Å²) in [5.74, 6) is 1.84. The Morgan fingerprint density at radius 2 is 1.85 bits per heavy atom. The van der Waals surface area contributed by atoms with E-state index in [0.717, 1.165) is 30.8 Å². The second kappa shape index (κ2) is 10.8. The summed E-state index contributed by atoms with van der Waals surface area (Å²) in [5.41, 5.74) is 2.97. The Morgan fingerprint density at radius 1 is 1.06 bits per heavy atom. The van der Waals surface area contributed by atoms with Gasteiger partial charge < -0.3 is 14.4 Å². The normalized spacial score (nSPS) is 12.5. The zero-order valence-corrected chi connectivity index (χ0v) is 19.0. The van der Waals surface area contributed by atoms with E-state index in [1.165, 1.54) is 11.8 Å². The van der Waals surface area contributed by atoms with Gasteiger partial charge >= 0.3 is 0 Å². The first-order chi connectivity index (χ1) is 16.2. The fourth-order valence-electron chi connectivity index (χ4n) is 3.42. The van der Waals surface area contributed by atoms with Crippen molar-refractivity contribution in [3.05, 3.63) is 59.7 Å². The average Bonchev–Trinajstić information content (AvgIpc) is 2.82. The van der Waals surface area contributed by atoms with Gasteiger partial charge in [-0.3, -0.25) is 9.97 Å². The van der Waals surface area contributed by atoms with E-state index in [1.54, 1.807) is 25.7 Å². The fraction of sp³-hybridized carbons (Fsp3) is 0.292. The van der Waals surface area contributed by atoms with Crippen LogP contribution in [0.2, 0.25) is 0 Å². The Bertz CT molecular complexity index is 1180. The van der Waals surface area contributed by atoms with Crippen molar-refractivity contribution in [1.29, 1.82) is 10.5 Å². The van der Waals surface area contributed by atoms with Crippen LogP contribution >= 0.6 is 11.8 Å². The van der Waals surface area contributed by atoms with Gasteiger partial charge in [0, 0.05) is 50.1 Å². The Balaban J connectivity index is 1.75. The van der Waals surface area contributed by atoms with Gasteiger partial charge in [0.2, 0.25) is 0 Å². The number of benzene rings is 1. The van der Waals surface area contributed by atoms with E-state index >= 15 is 0 Å². The van der Waals surface area contributed by atoms with E-state index in [-0.39, 0.29) is 0 Å². The van der Waals surface area contributed by atoms with Crippen molar-refractivity contribution in [2.75, 3.05) is 38.3 Å². The minimum Gasteiger partial charge on any atom is -0.491 e. The van der Waals surface area contributed by atoms with Crippen LogP contribution in [0.4, 0.5) is 5.82 Å². The van der Waals surface area contributed by atoms with Gasteiger partial charge in [-0.2, -0.15) is 10.5 Å². The monoisotopic (exact) mass is 458 g/mol. The first kappa shape index (κ1) is 22.5. The predicted molar refractivity (Wildman–Crippen MR) is 125 cm³/mol. The molecule has 1 saturated heterocycles. The lowest BCUT2D eigenvalue weighted by Crippen LogP contribution is -2.38. The van der Waals surface area contributed by atoms with Gasteiger partial charge in [-0.05, 0) is 24.1 Å². The molecule has 166 valence electrons. The number of pyridine rings is 1. The van der Waals surface area contributed by atoms with Gasteiger partial charge in [0.1, 0.15) is 40.9 Å². The van der Waals surface area contributed by atoms with Gasteiger partial charge in [0.15, 0.2) is 0 Å². The highest BCUT2D eigenvalue weighted by molar-refractivity contribution is 7.98. The first-order valence-corrected chi connectivity index (χ1v) is 11.5. The molecule has 0 atom stereocenters. The van der Waals surface area contributed by atoms with Gasteiger partial charge in [-0.25, -0.2) is 4.98 Å². The molecule has 1 aliphatic rings. The minimum absolute atomic E-state index is 0.387. The molecule has 33 heavy (non-hydrogen) atoms. The lowest BCUT2D eigenvalue weighted by molar-refractivity contribution is 0.146. The number of methoxy groups -OCH3 is 1. The Morgan fingerprint density at radius 3 is 2.45 bits per heavy atom. The number of nitriles is 2. The van der Waals surface area contributed by atoms with Crippen molar-refractivity contribution in [2.45, 2.75) is 17.2 Å². The minimum atomic E-state index is 0.387. The Hall–Kier alpha value is -3.66. The third-order valence-corrected chi connectivity index (χ3v) is 6.21. The zero-order valence-electron chi connectivity index (χ0n) is 18.2. The molecular weight excluding hydrogens is 436 g/mol. The highest BCUT2D eigenvalue weighted by Gasteiger charge is 2.27. The van der Waals surface area contributed by atoms with E-state index in [0.29, 0.717) is 52.3 Å². The third kappa shape index (κ3) is 5.06. The molecule has 1 aromatic carbocycles. The standard InChI is InChI=1S/C24H22N6O2S/c1-31-11-12-32-19-5-3-17(4-6-19)22-20(13-25)23(30-9-2-10-30)29-24(21(22)14-26)33-16-18-15-27-7-8-28-18/h3-8,15H,2,9-12,16H2,1H3. The number of thioether (sulfide) groups is 1. The molecule has 0 N–H and O–H groups in total. The summed E-state index contributed by atoms with van der Waals surface area (Å²) in [6.45, 7) is 2.62. The molecule has 3 aromatic rings. The quantitative estimate of drug-likeness (QED) is 0.349. The van der Waals surface area contributed by atoms with Crippen molar-refractivity contribution in [3.63, 3.8) is 0 Å². The fourth-order valence-corrected chi connectivity index (χ4v) is 4.30. The number of anilines is 1. The maximum Gasteiger partial charge on any atom is 0.148 e. The highest BCUT2D eigenvalue weighted by Crippen LogP contribution is 2.39. The van der Waals surface area contributed by atoms with Crippen LogP contribution in [0.1, 0.15) is 23.2 Å². The molecular formula is C24H22N6O2S. The van der Waals surface area contributed by atoms with Crippen LogP contribution in [0.5, 0.6) is 5.75 Å². The van der Waals surface area contributed by atoms with Crippen LogP contribution in [0.15, 0.2) is 47.9 Å². The highest BCUT2D eigenvalue weighted by atomic mass is 32.2. The summed E-state index contributed by atoms with van der Waals surface area (Å²) in [7, 11) is 1.62. The van der Waals surface area contributed by atoms with Crippen molar-refractivity contribution in [2.24, 2.45) is 0 Å². The van der Waals surface area contributed by atoms with Crippen LogP contribution in [0.3, 0.4) is 0 Å². The SMILES string of the molecule is COCCOc1ccc(-c2c(C#N)c(SCc3cnccn3)nc(N3CCC3)c2C#N)cc1. The number of aromatic nitrogens is 3. The Kier molecular flexibility index (Phi) is 7.36. The van der Waals surface area contributed by atoms with Crippen molar-refractivity contribution >= 4 is 17.6 Å². The molecule has 0 unspecified atom stereocenters. The van der Waals surface area contributed by atoms with Gasteiger partial charge in [-0.1, -0.05) is 23.9 Å². The van der Waals surface area contributed by atoms with Crippen LogP contribution in [-0.2, 0) is 10.5 Å². The van der Waals surface area contributed by atoms with E-state index in [2.05, 4.69) is 27.0 Å². The molecule has 8 nitrogen and oxygen atoms in total. The lowest BCUT2D eigenvalue weighted by Gasteiger charge is -2.33. The summed E-state index contributed by atoms with van der Waals surface area (Å²) < 4.78 is 10.7. The van der Waals surface area contributed by atoms with Gasteiger partial charge in [0.05, 0.1) is 17.9 Å². The molecule has 1 aliphatic heterocycles. The molecule has 2 aromatic heterocycles. The molecule has 0 radical (unpaired) electrons. The zero-order chi connectivity index (χ0) is 23.0. The second-order valence-electron chi connectivity index (χ2n) is 7.28. The summed E-state index contributed by atoms with van der Waals surface area (Å²) in [4.78, 5) is 15.3. The van der Waals surface area contributed by atoms with Crippen LogP contribution in [0, 0.1) is 22.7 Å². The molecule has 9 heteroatoms. The van der Waals surface area contributed by atoms with Gasteiger partial charge in [0.25, 0.3) is 0 Å². The molecule has 3 heterocycles. The number of rotatable bonds is 9. The molecule has 0 aliphatic carbocycles. The van der Waals surface area contributed by atoms with E-state index in [9.17, 15) is 10.5 Å². The van der Waals surface area contributed by atoms with E-state index < -0.39 is 0 Å². The third-order valence-electron chi connectivity index (χ3n) is 5.20. The summed E-state index contributed by atoms with van der Waals surface area (Å²) in [5, 5.41) is 20.7. The topological polar surface area (TPSA) is 108 Å². The maximum absolute atomic E-state index is 10.1. The van der Waals surface area contributed by atoms with E-state index in [1.807, 2.05) is 24.3 Å². The average molecular weight is 459 g/mol. The first-order valence-electron chi connectivity index (χ1n) is 10.5.